The number of oxazole rings is 1. The lowest BCUT2D eigenvalue weighted by Gasteiger charge is -2.10. The van der Waals surface area contributed by atoms with Crippen molar-refractivity contribution < 1.29 is 4.42 Å². The maximum Gasteiger partial charge on any atom is 0.260 e. The molecule has 1 aromatic carbocycles. The molecule has 0 bridgehead atoms. The number of nitrogens with two attached hydrogens (primary N) is 1. The third-order valence-electron chi connectivity index (χ3n) is 2.39. The van der Waals surface area contributed by atoms with Crippen molar-refractivity contribution in [3.05, 3.63) is 35.7 Å². The van der Waals surface area contributed by atoms with Crippen molar-refractivity contribution in [2.24, 2.45) is 5.73 Å². The summed E-state index contributed by atoms with van der Waals surface area (Å²) in [7, 11) is 0. The van der Waals surface area contributed by atoms with Crippen molar-refractivity contribution >= 4 is 23.5 Å². The van der Waals surface area contributed by atoms with Gasteiger partial charge in [0.25, 0.3) is 5.22 Å². The molecule has 18 heavy (non-hydrogen) atoms. The van der Waals surface area contributed by atoms with Gasteiger partial charge in [-0.25, -0.2) is 4.98 Å². The minimum Gasteiger partial charge on any atom is -0.439 e. The van der Waals surface area contributed by atoms with Crippen LogP contribution in [0.1, 0.15) is 18.2 Å². The summed E-state index contributed by atoms with van der Waals surface area (Å²) >= 11 is 3.34. The molecule has 2 rings (SSSR count). The maximum atomic E-state index is 5.86. The number of nitrogens with zero attached hydrogens (tertiary/aromatic N) is 1. The standard InChI is InChI=1S/C13H16N2OS2/c1-3-17-11-5-4-6-12(10(11)7-14)18-13-15-9(2)8-16-13/h4-6,8H,3,7,14H2,1-2H3. The molecule has 0 spiro atoms. The number of rotatable bonds is 5. The van der Waals surface area contributed by atoms with Gasteiger partial charge in [0.2, 0.25) is 0 Å². The van der Waals surface area contributed by atoms with Crippen molar-refractivity contribution in [1.82, 2.24) is 4.98 Å². The van der Waals surface area contributed by atoms with Crippen LogP contribution in [0.2, 0.25) is 0 Å². The van der Waals surface area contributed by atoms with Gasteiger partial charge in [0.05, 0.1) is 5.69 Å². The number of aromatic nitrogens is 1. The number of thioether (sulfide) groups is 1. The van der Waals surface area contributed by atoms with Crippen LogP contribution >= 0.6 is 23.5 Å². The molecular weight excluding hydrogens is 264 g/mol. The van der Waals surface area contributed by atoms with Crippen LogP contribution in [0.5, 0.6) is 0 Å². The van der Waals surface area contributed by atoms with Gasteiger partial charge in [-0.3, -0.25) is 0 Å². The van der Waals surface area contributed by atoms with Gasteiger partial charge in [-0.15, -0.1) is 11.8 Å². The highest BCUT2D eigenvalue weighted by molar-refractivity contribution is 8.00. The Bertz CT molecular complexity index is 525. The average molecular weight is 280 g/mol. The Balaban J connectivity index is 2.29. The van der Waals surface area contributed by atoms with Crippen LogP contribution in [0.4, 0.5) is 0 Å². The highest BCUT2D eigenvalue weighted by Gasteiger charge is 2.11. The molecule has 2 aromatic rings. The number of hydrogen-bond acceptors (Lipinski definition) is 5. The van der Waals surface area contributed by atoms with Crippen molar-refractivity contribution in [3.63, 3.8) is 0 Å². The summed E-state index contributed by atoms with van der Waals surface area (Å²) in [6.45, 7) is 4.59. The van der Waals surface area contributed by atoms with E-state index in [2.05, 4.69) is 30.1 Å². The van der Waals surface area contributed by atoms with Crippen LogP contribution < -0.4 is 5.73 Å². The van der Waals surface area contributed by atoms with Crippen LogP contribution in [-0.2, 0) is 6.54 Å². The molecule has 0 atom stereocenters. The lowest BCUT2D eigenvalue weighted by Crippen LogP contribution is -2.00. The monoisotopic (exact) mass is 280 g/mol. The van der Waals surface area contributed by atoms with E-state index in [0.717, 1.165) is 16.3 Å². The molecule has 0 aliphatic rings. The van der Waals surface area contributed by atoms with Gasteiger partial charge in [-0.2, -0.15) is 0 Å². The largest absolute Gasteiger partial charge is 0.439 e. The summed E-state index contributed by atoms with van der Waals surface area (Å²) < 4.78 is 5.37. The van der Waals surface area contributed by atoms with Gasteiger partial charge in [-0.1, -0.05) is 13.0 Å². The third-order valence-corrected chi connectivity index (χ3v) is 4.34. The molecule has 1 heterocycles. The van der Waals surface area contributed by atoms with E-state index < -0.39 is 0 Å². The Kier molecular flexibility index (Phi) is 4.74. The zero-order valence-corrected chi connectivity index (χ0v) is 12.1. The molecule has 0 saturated carbocycles. The minimum absolute atomic E-state index is 0.533. The summed E-state index contributed by atoms with van der Waals surface area (Å²) in [6, 6.07) is 6.22. The van der Waals surface area contributed by atoms with Crippen LogP contribution in [0.25, 0.3) is 0 Å². The molecule has 96 valence electrons. The lowest BCUT2D eigenvalue weighted by molar-refractivity contribution is 0.454. The topological polar surface area (TPSA) is 52.0 Å². The van der Waals surface area contributed by atoms with Crippen LogP contribution in [-0.4, -0.2) is 10.7 Å². The number of aryl methyl sites for hydroxylation is 1. The van der Waals surface area contributed by atoms with E-state index in [1.807, 2.05) is 18.7 Å². The first-order chi connectivity index (χ1) is 8.74. The van der Waals surface area contributed by atoms with Crippen LogP contribution in [0.3, 0.4) is 0 Å². The molecule has 0 radical (unpaired) electrons. The predicted octanol–water partition coefficient (Wildman–Crippen LogP) is 3.70. The van der Waals surface area contributed by atoms with E-state index in [-0.39, 0.29) is 0 Å². The summed E-state index contributed by atoms with van der Waals surface area (Å²) in [5.41, 5.74) is 7.93. The Hall–Kier alpha value is -0.910. The van der Waals surface area contributed by atoms with Gasteiger partial charge in [0.15, 0.2) is 0 Å². The van der Waals surface area contributed by atoms with Gasteiger partial charge in [0, 0.05) is 16.3 Å². The molecular formula is C13H16N2OS2. The zero-order valence-electron chi connectivity index (χ0n) is 10.5. The predicted molar refractivity (Wildman–Crippen MR) is 76.1 cm³/mol. The summed E-state index contributed by atoms with van der Waals surface area (Å²) in [5.74, 6) is 1.04. The minimum atomic E-state index is 0.533. The SMILES string of the molecule is CCSc1cccc(Sc2nc(C)co2)c1CN. The first-order valence-corrected chi connectivity index (χ1v) is 7.59. The maximum absolute atomic E-state index is 5.86. The molecule has 0 saturated heterocycles. The van der Waals surface area contributed by atoms with E-state index in [1.54, 1.807) is 6.26 Å². The highest BCUT2D eigenvalue weighted by Crippen LogP contribution is 2.34. The van der Waals surface area contributed by atoms with Gasteiger partial charge >= 0.3 is 0 Å². The molecule has 0 aliphatic heterocycles. The van der Waals surface area contributed by atoms with E-state index in [9.17, 15) is 0 Å². The summed E-state index contributed by atoms with van der Waals surface area (Å²) in [5, 5.41) is 0.667. The molecule has 0 amide bonds. The number of benzene rings is 1. The fourth-order valence-electron chi connectivity index (χ4n) is 1.61. The molecule has 2 N–H and O–H groups in total. The first kappa shape index (κ1) is 13.5. The van der Waals surface area contributed by atoms with E-state index in [1.165, 1.54) is 22.2 Å². The first-order valence-electron chi connectivity index (χ1n) is 5.79. The zero-order chi connectivity index (χ0) is 13.0. The summed E-state index contributed by atoms with van der Waals surface area (Å²) in [4.78, 5) is 6.67. The second-order valence-electron chi connectivity index (χ2n) is 3.73. The second kappa shape index (κ2) is 6.31. The fourth-order valence-corrected chi connectivity index (χ4v) is 3.46. The Labute approximate surface area is 116 Å². The van der Waals surface area contributed by atoms with Crippen molar-refractivity contribution in [2.75, 3.05) is 5.75 Å². The van der Waals surface area contributed by atoms with E-state index >= 15 is 0 Å². The molecule has 5 heteroatoms. The van der Waals surface area contributed by atoms with Gasteiger partial charge in [-0.05, 0) is 42.1 Å². The van der Waals surface area contributed by atoms with Crippen molar-refractivity contribution in [2.45, 2.75) is 35.4 Å². The van der Waals surface area contributed by atoms with Crippen molar-refractivity contribution in [1.29, 1.82) is 0 Å². The molecule has 1 aromatic heterocycles. The molecule has 0 fully saturated rings. The molecule has 0 unspecified atom stereocenters. The van der Waals surface area contributed by atoms with Crippen LogP contribution in [0.15, 0.2) is 43.9 Å². The summed E-state index contributed by atoms with van der Waals surface area (Å²) in [6.07, 6.45) is 1.66. The lowest BCUT2D eigenvalue weighted by atomic mass is 10.2. The smallest absolute Gasteiger partial charge is 0.260 e. The van der Waals surface area contributed by atoms with Crippen LogP contribution in [0, 0.1) is 6.92 Å². The van der Waals surface area contributed by atoms with E-state index in [4.69, 9.17) is 10.2 Å². The Morgan fingerprint density at radius 1 is 1.33 bits per heavy atom. The van der Waals surface area contributed by atoms with Gasteiger partial charge in [0.1, 0.15) is 6.26 Å². The fraction of sp³-hybridized carbons (Fsp3) is 0.308. The number of hydrogen-bond donors (Lipinski definition) is 1. The normalized spacial score (nSPS) is 10.8. The van der Waals surface area contributed by atoms with E-state index in [0.29, 0.717) is 11.8 Å². The Morgan fingerprint density at radius 2 is 2.11 bits per heavy atom. The molecule has 3 nitrogen and oxygen atoms in total. The second-order valence-corrected chi connectivity index (χ2v) is 6.03. The van der Waals surface area contributed by atoms with Gasteiger partial charge < -0.3 is 10.2 Å². The average Bonchev–Trinajstić information content (AvgIpc) is 2.76. The third kappa shape index (κ3) is 3.10. The Morgan fingerprint density at radius 3 is 2.72 bits per heavy atom. The van der Waals surface area contributed by atoms with Crippen molar-refractivity contribution in [3.8, 4) is 0 Å². The highest BCUT2D eigenvalue weighted by atomic mass is 32.2. The molecule has 0 aliphatic carbocycles. The quantitative estimate of drug-likeness (QED) is 0.846.